The molecule has 4 aromatic heterocycles. The van der Waals surface area contributed by atoms with E-state index in [1.54, 1.807) is 15.9 Å². The number of hydrogen-bond donors (Lipinski definition) is 2. The van der Waals surface area contributed by atoms with Gasteiger partial charge in [0.1, 0.15) is 32.7 Å². The van der Waals surface area contributed by atoms with Crippen molar-refractivity contribution >= 4 is 50.2 Å². The quantitative estimate of drug-likeness (QED) is 0.319. The molecule has 9 nitrogen and oxygen atoms in total. The number of aromatic amines is 1. The number of aryl methyl sites for hydroxylation is 2. The smallest absolute Gasteiger partial charge is 0.330 e. The van der Waals surface area contributed by atoms with E-state index in [1.165, 1.54) is 35.0 Å². The third kappa shape index (κ3) is 3.36. The highest BCUT2D eigenvalue weighted by molar-refractivity contribution is 7.98. The van der Waals surface area contributed by atoms with Gasteiger partial charge in [0.2, 0.25) is 0 Å². The predicted octanol–water partition coefficient (Wildman–Crippen LogP) is 3.45. The number of fused-ring (bicyclic) bond motifs is 4. The number of rotatable bonds is 5. The summed E-state index contributed by atoms with van der Waals surface area (Å²) in [6, 6.07) is 0.0991. The number of nitrogens with two attached hydrogens (primary N) is 1. The number of aromatic nitrogens is 6. The van der Waals surface area contributed by atoms with Crippen LogP contribution in [0, 0.1) is 0 Å². The molecule has 3 N–H and O–H groups in total. The fourth-order valence-electron chi connectivity index (χ4n) is 4.86. The minimum atomic E-state index is -0.441. The molecule has 0 aliphatic heterocycles. The maximum Gasteiger partial charge on any atom is 0.330 e. The van der Waals surface area contributed by atoms with E-state index in [9.17, 15) is 9.59 Å². The van der Waals surface area contributed by atoms with E-state index in [1.807, 2.05) is 0 Å². The number of H-pyrrole nitrogens is 1. The number of nitrogens with zero attached hydrogens (tertiary/aromatic N) is 5. The fourth-order valence-corrected chi connectivity index (χ4v) is 7.03. The standard InChI is InChI=1S/C23H23N7O2S2/c24-17-15-12-3-1-2-4-13(12)34-22(15)26-14(25-17)9-33-21-16-19(27-18(28-21)10-5-6-10)30(11-7-8-11)23(32)29-20(16)31/h10-11H,1-9H2,(H2,24,25,26)(H,29,31,32). The summed E-state index contributed by atoms with van der Waals surface area (Å²) in [5.41, 5.74) is 7.33. The zero-order valence-electron chi connectivity index (χ0n) is 18.5. The summed E-state index contributed by atoms with van der Waals surface area (Å²) < 4.78 is 1.64. The van der Waals surface area contributed by atoms with Crippen LogP contribution in [-0.2, 0) is 18.6 Å². The number of nitrogens with one attached hydrogen (secondary N) is 1. The van der Waals surface area contributed by atoms with E-state index >= 15 is 0 Å². The number of nitrogen functional groups attached to an aromatic ring is 1. The van der Waals surface area contributed by atoms with Crippen molar-refractivity contribution in [3.8, 4) is 0 Å². The lowest BCUT2D eigenvalue weighted by molar-refractivity contribution is 0.691. The van der Waals surface area contributed by atoms with Crippen LogP contribution in [0.4, 0.5) is 5.82 Å². The third-order valence-electron chi connectivity index (χ3n) is 6.85. The zero-order valence-corrected chi connectivity index (χ0v) is 20.1. The maximum atomic E-state index is 12.9. The Kier molecular flexibility index (Phi) is 4.60. The summed E-state index contributed by atoms with van der Waals surface area (Å²) in [5.74, 6) is 2.61. The molecule has 0 atom stereocenters. The lowest BCUT2D eigenvalue weighted by Crippen LogP contribution is -2.31. The Morgan fingerprint density at radius 1 is 1.03 bits per heavy atom. The Hall–Kier alpha value is -2.79. The van der Waals surface area contributed by atoms with Gasteiger partial charge in [-0.1, -0.05) is 11.8 Å². The molecule has 3 aliphatic rings. The van der Waals surface area contributed by atoms with Gasteiger partial charge < -0.3 is 5.73 Å². The second-order valence-electron chi connectivity index (χ2n) is 9.43. The molecule has 0 aromatic carbocycles. The van der Waals surface area contributed by atoms with E-state index < -0.39 is 5.56 Å². The summed E-state index contributed by atoms with van der Waals surface area (Å²) >= 11 is 3.14. The molecule has 7 rings (SSSR count). The highest BCUT2D eigenvalue weighted by Crippen LogP contribution is 2.42. The van der Waals surface area contributed by atoms with Gasteiger partial charge in [-0.2, -0.15) is 0 Å². The van der Waals surface area contributed by atoms with Crippen molar-refractivity contribution in [1.29, 1.82) is 0 Å². The van der Waals surface area contributed by atoms with Crippen molar-refractivity contribution in [3.63, 3.8) is 0 Å². The molecule has 2 fully saturated rings. The molecule has 4 aromatic rings. The van der Waals surface area contributed by atoms with E-state index in [2.05, 4.69) is 9.97 Å². The average molecular weight is 494 g/mol. The Balaban J connectivity index is 1.30. The van der Waals surface area contributed by atoms with Gasteiger partial charge in [0.05, 0.1) is 11.1 Å². The summed E-state index contributed by atoms with van der Waals surface area (Å²) in [4.78, 5) is 49.1. The van der Waals surface area contributed by atoms with Gasteiger partial charge in [-0.15, -0.1) is 11.3 Å². The second kappa shape index (κ2) is 7.61. The highest BCUT2D eigenvalue weighted by atomic mass is 32.2. The Labute approximate surface area is 202 Å². The van der Waals surface area contributed by atoms with Gasteiger partial charge in [-0.3, -0.25) is 14.3 Å². The first-order chi connectivity index (χ1) is 16.6. The number of thioether (sulfide) groups is 1. The Bertz CT molecular complexity index is 1600. The lowest BCUT2D eigenvalue weighted by atomic mass is 9.97. The molecule has 0 saturated heterocycles. The molecule has 2 saturated carbocycles. The third-order valence-corrected chi connectivity index (χ3v) is 9.01. The van der Waals surface area contributed by atoms with Gasteiger partial charge in [0, 0.05) is 16.8 Å². The zero-order chi connectivity index (χ0) is 23.0. The van der Waals surface area contributed by atoms with Gasteiger partial charge in [0.25, 0.3) is 5.56 Å². The SMILES string of the molecule is Nc1nc(CSc2nc(C3CC3)nc3c2c(=O)[nH]c(=O)n3C2CC2)nc2sc3c(c12)CCCC3. The minimum Gasteiger partial charge on any atom is -0.383 e. The van der Waals surface area contributed by atoms with Crippen LogP contribution in [0.2, 0.25) is 0 Å². The molecule has 0 amide bonds. The normalized spacial score (nSPS) is 18.0. The molecule has 34 heavy (non-hydrogen) atoms. The number of thiophene rings is 1. The molecule has 0 bridgehead atoms. The first-order valence-electron chi connectivity index (χ1n) is 11.8. The van der Waals surface area contributed by atoms with Crippen LogP contribution < -0.4 is 17.0 Å². The van der Waals surface area contributed by atoms with Crippen LogP contribution in [-0.4, -0.2) is 29.5 Å². The summed E-state index contributed by atoms with van der Waals surface area (Å²) in [6.45, 7) is 0. The molecule has 0 unspecified atom stereocenters. The van der Waals surface area contributed by atoms with Crippen LogP contribution in [0.25, 0.3) is 21.3 Å². The van der Waals surface area contributed by atoms with Gasteiger partial charge in [0.15, 0.2) is 5.65 Å². The summed E-state index contributed by atoms with van der Waals surface area (Å²) in [6.07, 6.45) is 8.43. The van der Waals surface area contributed by atoms with Crippen molar-refractivity contribution in [3.05, 3.63) is 42.9 Å². The molecule has 0 spiro atoms. The fraction of sp³-hybridized carbons (Fsp3) is 0.478. The molecule has 0 radical (unpaired) electrons. The molecule has 11 heteroatoms. The van der Waals surface area contributed by atoms with Crippen LogP contribution in [0.3, 0.4) is 0 Å². The van der Waals surface area contributed by atoms with Gasteiger partial charge in [-0.25, -0.2) is 24.7 Å². The summed E-state index contributed by atoms with van der Waals surface area (Å²) in [7, 11) is 0. The Morgan fingerprint density at radius 2 is 1.85 bits per heavy atom. The molecular formula is C23H23N7O2S2. The van der Waals surface area contributed by atoms with Crippen LogP contribution >= 0.6 is 23.1 Å². The van der Waals surface area contributed by atoms with Crippen LogP contribution in [0.5, 0.6) is 0 Å². The molecular weight excluding hydrogens is 470 g/mol. The first kappa shape index (κ1) is 20.6. The average Bonchev–Trinajstić information content (AvgIpc) is 3.74. The maximum absolute atomic E-state index is 12.9. The highest BCUT2D eigenvalue weighted by Gasteiger charge is 2.32. The molecule has 4 heterocycles. The first-order valence-corrected chi connectivity index (χ1v) is 13.6. The molecule has 174 valence electrons. The van der Waals surface area contributed by atoms with E-state index in [0.717, 1.165) is 54.6 Å². The monoisotopic (exact) mass is 493 g/mol. The van der Waals surface area contributed by atoms with Gasteiger partial charge in [-0.05, 0) is 56.9 Å². The van der Waals surface area contributed by atoms with Crippen molar-refractivity contribution in [2.75, 3.05) is 5.73 Å². The predicted molar refractivity (Wildman–Crippen MR) is 133 cm³/mol. The van der Waals surface area contributed by atoms with Gasteiger partial charge >= 0.3 is 5.69 Å². The Morgan fingerprint density at radius 3 is 2.65 bits per heavy atom. The second-order valence-corrected chi connectivity index (χ2v) is 11.5. The lowest BCUT2D eigenvalue weighted by Gasteiger charge is -2.12. The topological polar surface area (TPSA) is 132 Å². The van der Waals surface area contributed by atoms with Crippen molar-refractivity contribution in [2.45, 2.75) is 74.1 Å². The van der Waals surface area contributed by atoms with E-state index in [0.29, 0.717) is 39.4 Å². The van der Waals surface area contributed by atoms with Crippen LogP contribution in [0.1, 0.15) is 72.6 Å². The number of anilines is 1. The van der Waals surface area contributed by atoms with E-state index in [-0.39, 0.29) is 11.7 Å². The van der Waals surface area contributed by atoms with Crippen LogP contribution in [0.15, 0.2) is 14.6 Å². The van der Waals surface area contributed by atoms with Crippen molar-refractivity contribution < 1.29 is 0 Å². The summed E-state index contributed by atoms with van der Waals surface area (Å²) in [5, 5.41) is 1.97. The minimum absolute atomic E-state index is 0.0991. The van der Waals surface area contributed by atoms with Crippen molar-refractivity contribution in [2.24, 2.45) is 0 Å². The number of hydrogen-bond acceptors (Lipinski definition) is 9. The molecule has 3 aliphatic carbocycles. The van der Waals surface area contributed by atoms with E-state index in [4.69, 9.17) is 20.7 Å². The van der Waals surface area contributed by atoms with Crippen molar-refractivity contribution in [1.82, 2.24) is 29.5 Å². The largest absolute Gasteiger partial charge is 0.383 e.